The second-order valence-electron chi connectivity index (χ2n) is 10.4. The lowest BCUT2D eigenvalue weighted by Gasteiger charge is -2.38. The van der Waals surface area contributed by atoms with Gasteiger partial charge in [-0.3, -0.25) is 0 Å². The number of halogens is 3. The molecule has 0 aliphatic carbocycles. The van der Waals surface area contributed by atoms with Crippen molar-refractivity contribution in [1.29, 1.82) is 0 Å². The van der Waals surface area contributed by atoms with Crippen LogP contribution in [-0.2, 0) is 6.42 Å². The van der Waals surface area contributed by atoms with Gasteiger partial charge in [0.1, 0.15) is 22.7 Å². The lowest BCUT2D eigenvalue weighted by atomic mass is 9.95. The molecule has 0 radical (unpaired) electrons. The molecule has 0 unspecified atom stereocenters. The molecule has 0 spiro atoms. The number of amides is 2. The molecule has 1 fully saturated rings. The molecule has 5 rings (SSSR count). The zero-order valence-electron chi connectivity index (χ0n) is 22.4. The maximum Gasteiger partial charge on any atom is 0.573 e. The minimum absolute atomic E-state index is 0.355. The van der Waals surface area contributed by atoms with Crippen LogP contribution in [0.5, 0.6) is 11.5 Å². The number of piperazine rings is 1. The molecule has 2 aliphatic rings. The van der Waals surface area contributed by atoms with Crippen LogP contribution >= 0.6 is 0 Å². The number of hydrogen-bond donors (Lipinski definition) is 1. The number of rotatable bonds is 5. The van der Waals surface area contributed by atoms with Crippen molar-refractivity contribution in [3.63, 3.8) is 0 Å². The Balaban J connectivity index is 1.35. The lowest BCUT2D eigenvalue weighted by Crippen LogP contribution is -2.50. The standard InChI is InChI=1S/C29H30F3N3O5/c1-4-5-18-16-24(36)38-23-17-22(21-10-11-28(2,3)40-26(21)25(18)23)34-12-14-35(15-13-34)27(37)33-19-6-8-20(9-7-19)39-29(30,31)32/h6-11,16-17H,4-5,12-15H2,1-3H3,(H,33,37). The van der Waals surface area contributed by atoms with Crippen molar-refractivity contribution in [1.82, 2.24) is 4.90 Å². The first-order valence-corrected chi connectivity index (χ1v) is 13.1. The fourth-order valence-corrected chi connectivity index (χ4v) is 5.04. The summed E-state index contributed by atoms with van der Waals surface area (Å²) in [6.45, 7) is 7.84. The molecular weight excluding hydrogens is 527 g/mol. The van der Waals surface area contributed by atoms with Crippen LogP contribution in [0.15, 0.2) is 51.7 Å². The topological polar surface area (TPSA) is 84.3 Å². The van der Waals surface area contributed by atoms with Crippen LogP contribution in [0, 0.1) is 0 Å². The van der Waals surface area contributed by atoms with E-state index in [1.807, 2.05) is 32.1 Å². The fraction of sp³-hybridized carbons (Fsp3) is 0.379. The summed E-state index contributed by atoms with van der Waals surface area (Å²) in [6.07, 6.45) is 0.838. The van der Waals surface area contributed by atoms with Gasteiger partial charge in [0.2, 0.25) is 0 Å². The third-order valence-corrected chi connectivity index (χ3v) is 6.87. The van der Waals surface area contributed by atoms with E-state index in [-0.39, 0.29) is 11.8 Å². The van der Waals surface area contributed by atoms with Gasteiger partial charge >= 0.3 is 18.0 Å². The van der Waals surface area contributed by atoms with Gasteiger partial charge in [-0.1, -0.05) is 13.3 Å². The Kier molecular flexibility index (Phi) is 7.16. The first-order chi connectivity index (χ1) is 18.9. The third kappa shape index (κ3) is 5.88. The Morgan fingerprint density at radius 2 is 1.80 bits per heavy atom. The monoisotopic (exact) mass is 557 g/mol. The summed E-state index contributed by atoms with van der Waals surface area (Å²) in [7, 11) is 0. The van der Waals surface area contributed by atoms with Gasteiger partial charge in [-0.25, -0.2) is 9.59 Å². The SMILES string of the molecule is CCCc1cc(=O)oc2cc(N3CCN(C(=O)Nc4ccc(OC(F)(F)F)cc4)CC3)c3c(c12)OC(C)(C)C=C3. The van der Waals surface area contributed by atoms with E-state index in [1.54, 1.807) is 4.90 Å². The average molecular weight is 558 g/mol. The van der Waals surface area contributed by atoms with Gasteiger partial charge in [-0.15, -0.1) is 13.2 Å². The molecule has 2 aliphatic heterocycles. The second-order valence-corrected chi connectivity index (χ2v) is 10.4. The number of nitrogens with one attached hydrogen (secondary N) is 1. The molecule has 212 valence electrons. The Morgan fingerprint density at radius 3 is 2.45 bits per heavy atom. The molecule has 8 nitrogen and oxygen atoms in total. The number of nitrogens with zero attached hydrogens (tertiary/aromatic N) is 2. The largest absolute Gasteiger partial charge is 0.573 e. The lowest BCUT2D eigenvalue weighted by molar-refractivity contribution is -0.274. The van der Waals surface area contributed by atoms with Gasteiger partial charge in [-0.2, -0.15) is 0 Å². The number of carbonyl (C=O) groups is 1. The molecule has 3 heterocycles. The van der Waals surface area contributed by atoms with Crippen molar-refractivity contribution in [3.05, 3.63) is 64.0 Å². The van der Waals surface area contributed by atoms with Crippen molar-refractivity contribution < 1.29 is 31.9 Å². The molecule has 1 N–H and O–H groups in total. The van der Waals surface area contributed by atoms with Crippen LogP contribution in [0.2, 0.25) is 0 Å². The van der Waals surface area contributed by atoms with Crippen molar-refractivity contribution >= 4 is 34.5 Å². The number of anilines is 2. The first-order valence-electron chi connectivity index (χ1n) is 13.1. The van der Waals surface area contributed by atoms with E-state index >= 15 is 0 Å². The van der Waals surface area contributed by atoms with E-state index in [2.05, 4.69) is 21.9 Å². The normalized spacial score (nSPS) is 16.4. The summed E-state index contributed by atoms with van der Waals surface area (Å²) in [4.78, 5) is 29.0. The van der Waals surface area contributed by atoms with Gasteiger partial charge in [0, 0.05) is 49.6 Å². The summed E-state index contributed by atoms with van der Waals surface area (Å²) in [5.74, 6) is 0.321. The Bertz CT molecular complexity index is 1500. The highest BCUT2D eigenvalue weighted by Crippen LogP contribution is 2.44. The van der Waals surface area contributed by atoms with Crippen LogP contribution in [-0.4, -0.2) is 49.1 Å². The molecule has 2 aromatic carbocycles. The van der Waals surface area contributed by atoms with Crippen LogP contribution in [0.25, 0.3) is 17.0 Å². The quantitative estimate of drug-likeness (QED) is 0.377. The predicted molar refractivity (Wildman–Crippen MR) is 146 cm³/mol. The zero-order valence-corrected chi connectivity index (χ0v) is 22.4. The van der Waals surface area contributed by atoms with Crippen LogP contribution in [0.4, 0.5) is 29.3 Å². The zero-order chi connectivity index (χ0) is 28.7. The van der Waals surface area contributed by atoms with E-state index in [4.69, 9.17) is 9.15 Å². The Hall–Kier alpha value is -4.15. The summed E-state index contributed by atoms with van der Waals surface area (Å²) < 4.78 is 53.1. The minimum atomic E-state index is -4.78. The third-order valence-electron chi connectivity index (χ3n) is 6.87. The number of fused-ring (bicyclic) bond motifs is 3. The first kappa shape index (κ1) is 27.4. The molecule has 11 heteroatoms. The number of benzene rings is 2. The molecule has 0 saturated carbocycles. The molecule has 3 aromatic rings. The highest BCUT2D eigenvalue weighted by atomic mass is 19.4. The number of hydrogen-bond acceptors (Lipinski definition) is 6. The van der Waals surface area contributed by atoms with E-state index < -0.39 is 17.6 Å². The highest BCUT2D eigenvalue weighted by Gasteiger charge is 2.32. The maximum absolute atomic E-state index is 12.8. The second kappa shape index (κ2) is 10.4. The number of alkyl halides is 3. The summed E-state index contributed by atoms with van der Waals surface area (Å²) in [5.41, 5.74) is 2.52. The summed E-state index contributed by atoms with van der Waals surface area (Å²) in [6, 6.07) is 8.05. The van der Waals surface area contributed by atoms with Crippen molar-refractivity contribution in [2.75, 3.05) is 36.4 Å². The van der Waals surface area contributed by atoms with Crippen molar-refractivity contribution in [2.24, 2.45) is 0 Å². The Labute approximate surface area is 228 Å². The molecule has 0 bridgehead atoms. The van der Waals surface area contributed by atoms with Gasteiger partial charge in [-0.05, 0) is 62.2 Å². The summed E-state index contributed by atoms with van der Waals surface area (Å²) >= 11 is 0. The van der Waals surface area contributed by atoms with E-state index in [1.165, 1.54) is 18.2 Å². The molecule has 2 amide bonds. The average Bonchev–Trinajstić information content (AvgIpc) is 2.88. The number of carbonyl (C=O) groups excluding carboxylic acids is 1. The van der Waals surface area contributed by atoms with Crippen molar-refractivity contribution in [2.45, 2.75) is 45.6 Å². The highest BCUT2D eigenvalue weighted by molar-refractivity contribution is 5.97. The smallest absolute Gasteiger partial charge is 0.482 e. The Morgan fingerprint density at radius 1 is 1.10 bits per heavy atom. The van der Waals surface area contributed by atoms with Crippen LogP contribution in [0.1, 0.15) is 38.3 Å². The van der Waals surface area contributed by atoms with Crippen LogP contribution < -0.4 is 25.3 Å². The van der Waals surface area contributed by atoms with E-state index in [0.29, 0.717) is 49.6 Å². The van der Waals surface area contributed by atoms with E-state index in [9.17, 15) is 22.8 Å². The van der Waals surface area contributed by atoms with Gasteiger partial charge < -0.3 is 29.0 Å². The van der Waals surface area contributed by atoms with Crippen LogP contribution in [0.3, 0.4) is 0 Å². The molecule has 1 aromatic heterocycles. The molecule has 40 heavy (non-hydrogen) atoms. The van der Waals surface area contributed by atoms with E-state index in [0.717, 1.165) is 40.8 Å². The maximum atomic E-state index is 12.8. The fourth-order valence-electron chi connectivity index (χ4n) is 5.04. The molecular formula is C29H30F3N3O5. The summed E-state index contributed by atoms with van der Waals surface area (Å²) in [5, 5.41) is 3.52. The predicted octanol–water partition coefficient (Wildman–Crippen LogP) is 6.18. The van der Waals surface area contributed by atoms with Gasteiger partial charge in [0.15, 0.2) is 0 Å². The van der Waals surface area contributed by atoms with Gasteiger partial charge in [0.25, 0.3) is 0 Å². The number of urea groups is 1. The number of ether oxygens (including phenoxy) is 2. The molecule has 1 saturated heterocycles. The number of aryl methyl sites for hydroxylation is 1. The molecule has 0 atom stereocenters. The van der Waals surface area contributed by atoms with Gasteiger partial charge in [0.05, 0.1) is 11.1 Å². The van der Waals surface area contributed by atoms with Crippen molar-refractivity contribution in [3.8, 4) is 11.5 Å². The minimum Gasteiger partial charge on any atom is -0.482 e.